The Morgan fingerprint density at radius 3 is 2.50 bits per heavy atom. The van der Waals surface area contributed by atoms with Gasteiger partial charge in [-0.1, -0.05) is 6.58 Å². The van der Waals surface area contributed by atoms with Gasteiger partial charge in [-0.3, -0.25) is 4.79 Å². The molecule has 1 unspecified atom stereocenters. The molecule has 1 aliphatic rings. The molecule has 22 heavy (non-hydrogen) atoms. The topological polar surface area (TPSA) is 177 Å². The van der Waals surface area contributed by atoms with Crippen LogP contribution in [0.5, 0.6) is 0 Å². The summed E-state index contributed by atoms with van der Waals surface area (Å²) in [4.78, 5) is 22.4. The van der Waals surface area contributed by atoms with E-state index in [0.29, 0.717) is 0 Å². The number of rotatable bonds is 6. The third-order valence-electron chi connectivity index (χ3n) is 3.33. The van der Waals surface area contributed by atoms with E-state index in [1.807, 2.05) is 0 Å². The molecule has 0 aromatic heterocycles. The average molecular weight is 321 g/mol. The first-order valence-electron chi connectivity index (χ1n) is 6.38. The van der Waals surface area contributed by atoms with Crippen LogP contribution in [0, 0.1) is 0 Å². The third-order valence-corrected chi connectivity index (χ3v) is 3.33. The minimum atomic E-state index is -2.81. The van der Waals surface area contributed by atoms with E-state index in [0.717, 1.165) is 6.08 Å². The molecular formula is C12H19NO9. The number of ether oxygens (including phenoxy) is 1. The smallest absolute Gasteiger partial charge is 0.364 e. The molecular weight excluding hydrogens is 302 g/mol. The Labute approximate surface area is 125 Å². The van der Waals surface area contributed by atoms with Crippen molar-refractivity contribution in [1.82, 2.24) is 5.32 Å². The summed E-state index contributed by atoms with van der Waals surface area (Å²) in [7, 11) is 0. The minimum Gasteiger partial charge on any atom is -0.477 e. The van der Waals surface area contributed by atoms with Crippen molar-refractivity contribution in [2.24, 2.45) is 0 Å². The van der Waals surface area contributed by atoms with Gasteiger partial charge in [0.2, 0.25) is 5.91 Å². The number of nitrogens with one attached hydrogen (secondary N) is 1. The SMILES string of the molecule is C=CC(=O)N[C@H]1[C@H]([C@H](O)[C@H](O)CO)OC(O)(C(=O)O)C[C@@H]1O. The number of aliphatic hydroxyl groups excluding tert-OH is 4. The molecule has 1 aliphatic heterocycles. The van der Waals surface area contributed by atoms with Crippen LogP contribution in [0.15, 0.2) is 12.7 Å². The van der Waals surface area contributed by atoms with Gasteiger partial charge in [-0.25, -0.2) is 4.79 Å². The van der Waals surface area contributed by atoms with Crippen LogP contribution in [0.4, 0.5) is 0 Å². The molecule has 1 rings (SSSR count). The van der Waals surface area contributed by atoms with Crippen LogP contribution in [0.25, 0.3) is 0 Å². The summed E-state index contributed by atoms with van der Waals surface area (Å²) >= 11 is 0. The first kappa shape index (κ1) is 18.5. The molecule has 1 amide bonds. The fraction of sp³-hybridized carbons (Fsp3) is 0.667. The highest BCUT2D eigenvalue weighted by atomic mass is 16.7. The molecule has 0 spiro atoms. The number of carboxylic acids is 1. The molecule has 10 heteroatoms. The number of aliphatic carboxylic acids is 1. The number of hydrogen-bond donors (Lipinski definition) is 7. The zero-order valence-electron chi connectivity index (χ0n) is 11.5. The summed E-state index contributed by atoms with van der Waals surface area (Å²) in [5.41, 5.74) is 0. The molecule has 0 bridgehead atoms. The first-order chi connectivity index (χ1) is 10.2. The monoisotopic (exact) mass is 321 g/mol. The Kier molecular flexibility index (Phi) is 6.00. The fourth-order valence-corrected chi connectivity index (χ4v) is 2.12. The Hall–Kier alpha value is -1.56. The quantitative estimate of drug-likeness (QED) is 0.242. The lowest BCUT2D eigenvalue weighted by atomic mass is 9.88. The molecule has 0 aromatic carbocycles. The van der Waals surface area contributed by atoms with Crippen molar-refractivity contribution in [2.45, 2.75) is 42.7 Å². The van der Waals surface area contributed by atoms with Crippen LogP contribution in [-0.2, 0) is 14.3 Å². The number of carbonyl (C=O) groups is 2. The van der Waals surface area contributed by atoms with E-state index < -0.39 is 61.1 Å². The second-order valence-corrected chi connectivity index (χ2v) is 4.92. The van der Waals surface area contributed by atoms with Gasteiger partial charge in [0.15, 0.2) is 0 Å². The lowest BCUT2D eigenvalue weighted by molar-refractivity contribution is -0.295. The number of aliphatic hydroxyl groups is 5. The number of carboxylic acid groups (broad SMARTS) is 1. The summed E-state index contributed by atoms with van der Waals surface area (Å²) in [6.45, 7) is 2.32. The van der Waals surface area contributed by atoms with Crippen molar-refractivity contribution in [3.8, 4) is 0 Å². The van der Waals surface area contributed by atoms with Crippen LogP contribution < -0.4 is 5.32 Å². The number of hydrogen-bond acceptors (Lipinski definition) is 8. The summed E-state index contributed by atoms with van der Waals surface area (Å²) < 4.78 is 4.87. The molecule has 0 aliphatic carbocycles. The van der Waals surface area contributed by atoms with Gasteiger partial charge in [0.1, 0.15) is 18.3 Å². The predicted octanol–water partition coefficient (Wildman–Crippen LogP) is -3.71. The van der Waals surface area contributed by atoms with E-state index >= 15 is 0 Å². The van der Waals surface area contributed by atoms with Crippen molar-refractivity contribution < 1.29 is 45.0 Å². The van der Waals surface area contributed by atoms with Gasteiger partial charge in [-0.05, 0) is 6.08 Å². The summed E-state index contributed by atoms with van der Waals surface area (Å²) in [5.74, 6) is -5.37. The summed E-state index contributed by atoms with van der Waals surface area (Å²) in [5, 5.41) is 59.2. The predicted molar refractivity (Wildman–Crippen MR) is 69.3 cm³/mol. The largest absolute Gasteiger partial charge is 0.477 e. The normalized spacial score (nSPS) is 34.5. The van der Waals surface area contributed by atoms with E-state index in [4.69, 9.17) is 14.9 Å². The van der Waals surface area contributed by atoms with Gasteiger partial charge < -0.3 is 40.7 Å². The van der Waals surface area contributed by atoms with E-state index in [1.165, 1.54) is 0 Å². The second kappa shape index (κ2) is 7.13. The Bertz CT molecular complexity index is 442. The van der Waals surface area contributed by atoms with Crippen molar-refractivity contribution in [3.05, 3.63) is 12.7 Å². The van der Waals surface area contributed by atoms with Crippen LogP contribution in [0.1, 0.15) is 6.42 Å². The highest BCUT2D eigenvalue weighted by molar-refractivity contribution is 5.87. The third kappa shape index (κ3) is 3.80. The van der Waals surface area contributed by atoms with Gasteiger partial charge in [0, 0.05) is 6.42 Å². The minimum absolute atomic E-state index is 0.746. The summed E-state index contributed by atoms with van der Waals surface area (Å²) in [6.07, 6.45) is -6.79. The van der Waals surface area contributed by atoms with Crippen molar-refractivity contribution in [1.29, 1.82) is 0 Å². The maximum absolute atomic E-state index is 11.4. The van der Waals surface area contributed by atoms with E-state index in [2.05, 4.69) is 11.9 Å². The summed E-state index contributed by atoms with van der Waals surface area (Å²) in [6, 6.07) is -1.33. The standard InChI is InChI=1S/C12H19NO9/c1-2-7(17)13-8-5(15)3-12(21,11(19)20)22-10(8)9(18)6(16)4-14/h2,5-6,8-10,14-16,18,21H,1,3-4H2,(H,13,17)(H,19,20)/t5-,6+,8+,9+,10+,12?/m0/s1. The van der Waals surface area contributed by atoms with E-state index in [-0.39, 0.29) is 0 Å². The molecule has 0 radical (unpaired) electrons. The lowest BCUT2D eigenvalue weighted by Gasteiger charge is -2.44. The van der Waals surface area contributed by atoms with Gasteiger partial charge in [0.25, 0.3) is 5.79 Å². The Morgan fingerprint density at radius 1 is 1.45 bits per heavy atom. The molecule has 1 saturated heterocycles. The average Bonchev–Trinajstić information content (AvgIpc) is 2.47. The van der Waals surface area contributed by atoms with Crippen LogP contribution in [0.2, 0.25) is 0 Å². The molecule has 0 aromatic rings. The van der Waals surface area contributed by atoms with E-state index in [1.54, 1.807) is 0 Å². The van der Waals surface area contributed by atoms with Gasteiger partial charge in [-0.2, -0.15) is 0 Å². The Morgan fingerprint density at radius 2 is 2.05 bits per heavy atom. The second-order valence-electron chi connectivity index (χ2n) is 4.92. The van der Waals surface area contributed by atoms with Crippen LogP contribution in [0.3, 0.4) is 0 Å². The lowest BCUT2D eigenvalue weighted by Crippen LogP contribution is -2.67. The highest BCUT2D eigenvalue weighted by Crippen LogP contribution is 2.30. The first-order valence-corrected chi connectivity index (χ1v) is 6.38. The van der Waals surface area contributed by atoms with Crippen molar-refractivity contribution in [3.63, 3.8) is 0 Å². The number of amides is 1. The van der Waals surface area contributed by atoms with Crippen LogP contribution in [-0.4, -0.2) is 85.4 Å². The van der Waals surface area contributed by atoms with Gasteiger partial charge >= 0.3 is 5.97 Å². The zero-order valence-corrected chi connectivity index (χ0v) is 11.5. The molecule has 1 heterocycles. The fourth-order valence-electron chi connectivity index (χ4n) is 2.12. The molecule has 0 saturated carbocycles. The molecule has 1 fully saturated rings. The highest BCUT2D eigenvalue weighted by Gasteiger charge is 2.53. The number of carbonyl (C=O) groups excluding carboxylic acids is 1. The Balaban J connectivity index is 3.10. The molecule has 7 N–H and O–H groups in total. The zero-order chi connectivity index (χ0) is 17.1. The van der Waals surface area contributed by atoms with Crippen molar-refractivity contribution >= 4 is 11.9 Å². The maximum atomic E-state index is 11.4. The van der Waals surface area contributed by atoms with Gasteiger partial charge in [0.05, 0.1) is 18.8 Å². The molecule has 10 nitrogen and oxygen atoms in total. The van der Waals surface area contributed by atoms with Crippen molar-refractivity contribution in [2.75, 3.05) is 6.61 Å². The van der Waals surface area contributed by atoms with E-state index in [9.17, 15) is 30.0 Å². The molecule has 6 atom stereocenters. The maximum Gasteiger partial charge on any atom is 0.364 e. The molecule has 126 valence electrons. The van der Waals surface area contributed by atoms with Gasteiger partial charge in [-0.15, -0.1) is 0 Å². The van der Waals surface area contributed by atoms with Crippen LogP contribution >= 0.6 is 0 Å².